The Balaban J connectivity index is 1.55. The third kappa shape index (κ3) is 9.95. The van der Waals surface area contributed by atoms with Crippen molar-refractivity contribution in [1.29, 1.82) is 0 Å². The zero-order valence-electron chi connectivity index (χ0n) is 31.1. The van der Waals surface area contributed by atoms with Gasteiger partial charge in [-0.2, -0.15) is 12.7 Å². The topological polar surface area (TPSA) is 240 Å². The van der Waals surface area contributed by atoms with Crippen LogP contribution in [0.3, 0.4) is 0 Å². The highest BCUT2D eigenvalue weighted by molar-refractivity contribution is 7.84. The van der Waals surface area contributed by atoms with E-state index in [-0.39, 0.29) is 58.9 Å². The van der Waals surface area contributed by atoms with Crippen LogP contribution in [0, 0.1) is 5.92 Å². The summed E-state index contributed by atoms with van der Waals surface area (Å²) in [6.07, 6.45) is 10.4. The standard InChI is InChI=1S/C37H49N5O11S/c1-7-8-9-10-23-18-28(43)31(25-17-22(4)11-12-24(25)21(2)3)29(19-23)52-20-51-16-15-27-33(35(45)42(27)54(48,49)50)40-34(44)32(26-13-14-30(38)39-26)41-53-37(5,6)36(46)47/h13,15,17-19,24-25,33,43H,2,7-12,14,16,20H2,1,3-6H3,(H2,38,39)(H,40,44)(H,46,47)(H,48,49,50)/b27-15+,41-32-/t24-,25+,33-/m0/s1. The number of nitrogens with one attached hydrogen (secondary N) is 1. The number of allylic oxidation sites excluding steroid dienone is 3. The number of hydrogen-bond donors (Lipinski definition) is 5. The third-order valence-corrected chi connectivity index (χ3v) is 10.1. The lowest BCUT2D eigenvalue weighted by Crippen LogP contribution is -2.64. The Kier molecular flexibility index (Phi) is 13.5. The summed E-state index contributed by atoms with van der Waals surface area (Å²) in [4.78, 5) is 46.9. The van der Waals surface area contributed by atoms with Gasteiger partial charge in [0.25, 0.3) is 11.8 Å². The van der Waals surface area contributed by atoms with E-state index in [0.29, 0.717) is 11.3 Å². The van der Waals surface area contributed by atoms with Crippen LogP contribution in [0.15, 0.2) is 69.6 Å². The lowest BCUT2D eigenvalue weighted by atomic mass is 9.73. The molecule has 294 valence electrons. The summed E-state index contributed by atoms with van der Waals surface area (Å²) in [5.41, 5.74) is 6.61. The fraction of sp³-hybridized carbons (Fsp3) is 0.486. The third-order valence-electron chi connectivity index (χ3n) is 9.26. The molecule has 17 heteroatoms. The molecule has 1 aromatic carbocycles. The molecule has 4 rings (SSSR count). The number of carboxylic acids is 1. The summed E-state index contributed by atoms with van der Waals surface area (Å²) in [5.74, 6) is -3.12. The van der Waals surface area contributed by atoms with Gasteiger partial charge in [0, 0.05) is 17.9 Å². The zero-order chi connectivity index (χ0) is 40.0. The number of aliphatic imine (C=N–C) groups is 1. The number of ether oxygens (including phenoxy) is 2. The molecule has 2 heterocycles. The molecule has 3 atom stereocenters. The number of rotatable bonds is 18. The normalized spacial score (nSPS) is 21.2. The SMILES string of the molecule is C=C(C)[C@@H]1CCC(C)=C[C@H]1c1c(O)cc(CCCCC)cc1OCOC/C=C1\[C@H](NC(=O)/C(=N\OC(C)(C)C(=O)O)C2=CCC(N)=N2)C(=O)N1S(=O)(=O)O. The van der Waals surface area contributed by atoms with Crippen LogP contribution in [0.1, 0.15) is 90.2 Å². The van der Waals surface area contributed by atoms with Crippen molar-refractivity contribution in [3.05, 3.63) is 70.6 Å². The van der Waals surface area contributed by atoms with Crippen LogP contribution in [-0.2, 0) is 40.7 Å². The molecule has 0 radical (unpaired) electrons. The predicted octanol–water partition coefficient (Wildman–Crippen LogP) is 4.39. The van der Waals surface area contributed by atoms with E-state index in [1.165, 1.54) is 31.6 Å². The number of carbonyl (C=O) groups is 3. The molecular weight excluding hydrogens is 722 g/mol. The number of nitrogens with zero attached hydrogens (tertiary/aromatic N) is 3. The van der Waals surface area contributed by atoms with Crippen molar-refractivity contribution in [3.63, 3.8) is 0 Å². The molecule has 0 aromatic heterocycles. The molecule has 2 amide bonds. The molecule has 3 aliphatic rings. The Morgan fingerprint density at radius 1 is 1.26 bits per heavy atom. The fourth-order valence-electron chi connectivity index (χ4n) is 6.25. The molecule has 1 fully saturated rings. The first-order valence-corrected chi connectivity index (χ1v) is 19.0. The lowest BCUT2D eigenvalue weighted by molar-refractivity contribution is -0.161. The van der Waals surface area contributed by atoms with Crippen molar-refractivity contribution in [3.8, 4) is 11.5 Å². The van der Waals surface area contributed by atoms with Gasteiger partial charge in [-0.3, -0.25) is 14.1 Å². The summed E-state index contributed by atoms with van der Waals surface area (Å²) < 4.78 is 45.8. The van der Waals surface area contributed by atoms with Gasteiger partial charge in [0.2, 0.25) is 5.60 Å². The van der Waals surface area contributed by atoms with Gasteiger partial charge in [0.05, 0.1) is 18.0 Å². The zero-order valence-corrected chi connectivity index (χ0v) is 31.9. The van der Waals surface area contributed by atoms with Gasteiger partial charge >= 0.3 is 16.3 Å². The molecule has 54 heavy (non-hydrogen) atoms. The summed E-state index contributed by atoms with van der Waals surface area (Å²) in [6, 6.07) is 2.06. The molecule has 1 aliphatic carbocycles. The Morgan fingerprint density at radius 3 is 2.59 bits per heavy atom. The Bertz CT molecular complexity index is 1930. The second kappa shape index (κ2) is 17.4. The largest absolute Gasteiger partial charge is 0.507 e. The number of hydrogen-bond acceptors (Lipinski definition) is 12. The van der Waals surface area contributed by atoms with E-state index >= 15 is 0 Å². The number of phenols is 1. The van der Waals surface area contributed by atoms with Crippen LogP contribution in [0.25, 0.3) is 0 Å². The van der Waals surface area contributed by atoms with Crippen molar-refractivity contribution < 1.29 is 51.9 Å². The highest BCUT2D eigenvalue weighted by atomic mass is 32.2. The molecule has 0 saturated carbocycles. The Labute approximate surface area is 315 Å². The number of benzene rings is 1. The highest BCUT2D eigenvalue weighted by Gasteiger charge is 2.50. The van der Waals surface area contributed by atoms with Gasteiger partial charge in [-0.15, -0.1) is 0 Å². The first kappa shape index (κ1) is 41.8. The lowest BCUT2D eigenvalue weighted by Gasteiger charge is -2.38. The monoisotopic (exact) mass is 771 g/mol. The maximum atomic E-state index is 13.4. The smallest absolute Gasteiger partial charge is 0.366 e. The van der Waals surface area contributed by atoms with Crippen LogP contribution in [0.4, 0.5) is 0 Å². The van der Waals surface area contributed by atoms with Crippen LogP contribution < -0.4 is 15.8 Å². The number of carboxylic acid groups (broad SMARTS) is 1. The van der Waals surface area contributed by atoms with Crippen LogP contribution >= 0.6 is 0 Å². The van der Waals surface area contributed by atoms with Crippen LogP contribution in [0.5, 0.6) is 11.5 Å². The minimum Gasteiger partial charge on any atom is -0.507 e. The van der Waals surface area contributed by atoms with Gasteiger partial charge in [-0.05, 0) is 89.1 Å². The molecule has 0 unspecified atom stereocenters. The second-order valence-corrected chi connectivity index (χ2v) is 15.3. The van der Waals surface area contributed by atoms with E-state index in [0.717, 1.165) is 49.7 Å². The average Bonchev–Trinajstić information content (AvgIpc) is 3.51. The molecule has 0 spiro atoms. The number of aryl methyl sites for hydroxylation is 1. The Hall–Kier alpha value is -5.00. The number of amides is 2. The van der Waals surface area contributed by atoms with E-state index in [4.69, 9.17) is 20.0 Å². The van der Waals surface area contributed by atoms with Gasteiger partial charge in [-0.1, -0.05) is 48.7 Å². The van der Waals surface area contributed by atoms with E-state index in [2.05, 4.69) is 35.0 Å². The molecule has 2 aliphatic heterocycles. The second-order valence-electron chi connectivity index (χ2n) is 14.0. The molecular formula is C37H49N5O11S. The summed E-state index contributed by atoms with van der Waals surface area (Å²) in [7, 11) is -5.09. The number of nitrogens with two attached hydrogens (primary N) is 1. The number of unbranched alkanes of at least 4 members (excludes halogenated alkanes) is 2. The predicted molar refractivity (Wildman–Crippen MR) is 200 cm³/mol. The van der Waals surface area contributed by atoms with E-state index in [9.17, 15) is 37.6 Å². The molecule has 0 bridgehead atoms. The molecule has 1 saturated heterocycles. The number of phenolic OH excluding ortho intramolecular Hbond substituents is 1. The van der Waals surface area contributed by atoms with Gasteiger partial charge in [-0.25, -0.2) is 9.79 Å². The van der Waals surface area contributed by atoms with Crippen molar-refractivity contribution in [2.75, 3.05) is 13.4 Å². The number of oxime groups is 1. The van der Waals surface area contributed by atoms with Crippen LogP contribution in [0.2, 0.25) is 0 Å². The molecule has 16 nitrogen and oxygen atoms in total. The minimum atomic E-state index is -5.09. The minimum absolute atomic E-state index is 0.0658. The maximum Gasteiger partial charge on any atom is 0.366 e. The molecule has 1 aromatic rings. The van der Waals surface area contributed by atoms with Gasteiger partial charge in [0.1, 0.15) is 17.3 Å². The van der Waals surface area contributed by atoms with E-state index in [1.54, 1.807) is 6.07 Å². The number of aromatic hydroxyl groups is 1. The quantitative estimate of drug-likeness (QED) is 0.0266. The first-order chi connectivity index (χ1) is 25.3. The van der Waals surface area contributed by atoms with Crippen molar-refractivity contribution in [2.24, 2.45) is 21.8 Å². The number of amidine groups is 1. The summed E-state index contributed by atoms with van der Waals surface area (Å²) >= 11 is 0. The van der Waals surface area contributed by atoms with Crippen molar-refractivity contribution in [2.45, 2.75) is 97.1 Å². The number of carbonyl (C=O) groups excluding carboxylic acids is 2. The van der Waals surface area contributed by atoms with E-state index in [1.807, 2.05) is 19.9 Å². The average molecular weight is 772 g/mol. The van der Waals surface area contributed by atoms with E-state index < -0.39 is 45.4 Å². The van der Waals surface area contributed by atoms with Crippen molar-refractivity contribution in [1.82, 2.24) is 9.62 Å². The highest BCUT2D eigenvalue weighted by Crippen LogP contribution is 2.47. The maximum absolute atomic E-state index is 13.4. The number of aliphatic carboxylic acids is 1. The summed E-state index contributed by atoms with van der Waals surface area (Å²) in [6.45, 7) is 12.0. The van der Waals surface area contributed by atoms with Gasteiger partial charge in [0.15, 0.2) is 18.5 Å². The Morgan fingerprint density at radius 2 is 1.98 bits per heavy atom. The first-order valence-electron chi connectivity index (χ1n) is 17.6. The van der Waals surface area contributed by atoms with Crippen molar-refractivity contribution >= 4 is 39.6 Å². The fourth-order valence-corrected chi connectivity index (χ4v) is 7.03. The van der Waals surface area contributed by atoms with Gasteiger partial charge < -0.3 is 35.6 Å². The summed E-state index contributed by atoms with van der Waals surface area (Å²) in [5, 5.41) is 26.7. The van der Waals surface area contributed by atoms with Crippen LogP contribution in [-0.4, -0.2) is 81.9 Å². The molecule has 6 N–H and O–H groups in total. The number of β-lactam (4-membered cyclic amide) rings is 1.